The lowest BCUT2D eigenvalue weighted by atomic mass is 10.1. The van der Waals surface area contributed by atoms with Gasteiger partial charge in [-0.25, -0.2) is 4.79 Å². The Morgan fingerprint density at radius 3 is 2.35 bits per heavy atom. The maximum Gasteiger partial charge on any atom is 0.416 e. The molecule has 0 aliphatic heterocycles. The molecule has 7 heteroatoms. The summed E-state index contributed by atoms with van der Waals surface area (Å²) in [6.07, 6.45) is -4.55. The van der Waals surface area contributed by atoms with Crippen molar-refractivity contribution in [2.45, 2.75) is 20.0 Å². The van der Waals surface area contributed by atoms with Crippen LogP contribution in [-0.2, 0) is 10.9 Å². The fourth-order valence-corrected chi connectivity index (χ4v) is 2.50. The van der Waals surface area contributed by atoms with Gasteiger partial charge in [-0.3, -0.25) is 4.79 Å². The number of esters is 1. The van der Waals surface area contributed by atoms with Gasteiger partial charge in [-0.1, -0.05) is 18.2 Å². The molecule has 2 aromatic rings. The lowest BCUT2D eigenvalue weighted by molar-refractivity contribution is -0.137. The molecule has 0 saturated carbocycles. The number of hydrogen-bond acceptors (Lipinski definition) is 3. The molecule has 0 radical (unpaired) electrons. The van der Waals surface area contributed by atoms with E-state index >= 15 is 0 Å². The highest BCUT2D eigenvalue weighted by Gasteiger charge is 2.31. The fourth-order valence-electron chi connectivity index (χ4n) is 2.50. The average Bonchev–Trinajstić information content (AvgIpc) is 2.62. The molecule has 4 nitrogen and oxygen atoms in total. The van der Waals surface area contributed by atoms with E-state index in [0.717, 1.165) is 12.1 Å². The van der Waals surface area contributed by atoms with Crippen LogP contribution in [0.1, 0.15) is 40.1 Å². The average molecular weight is 365 g/mol. The first-order valence-corrected chi connectivity index (χ1v) is 8.04. The van der Waals surface area contributed by atoms with Crippen LogP contribution in [0.3, 0.4) is 0 Å². The number of alkyl halides is 3. The van der Waals surface area contributed by atoms with Gasteiger partial charge in [0.05, 0.1) is 23.4 Å². The predicted molar refractivity (Wildman–Crippen MR) is 91.2 cm³/mol. The Hall–Kier alpha value is -2.83. The van der Waals surface area contributed by atoms with Gasteiger partial charge < -0.3 is 9.64 Å². The summed E-state index contributed by atoms with van der Waals surface area (Å²) in [5, 5.41) is 0. The summed E-state index contributed by atoms with van der Waals surface area (Å²) in [5.41, 5.74) is -0.550. The van der Waals surface area contributed by atoms with Gasteiger partial charge in [0.15, 0.2) is 0 Å². The maximum absolute atomic E-state index is 12.9. The van der Waals surface area contributed by atoms with E-state index in [1.807, 2.05) is 0 Å². The second kappa shape index (κ2) is 8.03. The quantitative estimate of drug-likeness (QED) is 0.731. The number of amides is 1. The first kappa shape index (κ1) is 19.5. The second-order valence-electron chi connectivity index (χ2n) is 5.37. The number of benzene rings is 2. The number of halogens is 3. The molecule has 138 valence electrons. The molecule has 0 aliphatic carbocycles. The molecule has 0 aliphatic rings. The molecule has 2 rings (SSSR count). The van der Waals surface area contributed by atoms with E-state index in [1.54, 1.807) is 32.0 Å². The molecule has 0 aromatic heterocycles. The molecule has 2 aromatic carbocycles. The van der Waals surface area contributed by atoms with Crippen LogP contribution in [0.4, 0.5) is 18.9 Å². The molecule has 0 atom stereocenters. The van der Waals surface area contributed by atoms with Crippen molar-refractivity contribution in [3.8, 4) is 0 Å². The van der Waals surface area contributed by atoms with Crippen molar-refractivity contribution in [2.75, 3.05) is 18.1 Å². The fraction of sp³-hybridized carbons (Fsp3) is 0.263. The SMILES string of the molecule is CCOC(=O)c1ccccc1N(CC)C(=O)c1cccc(C(F)(F)F)c1. The van der Waals surface area contributed by atoms with Crippen LogP contribution < -0.4 is 4.90 Å². The van der Waals surface area contributed by atoms with Crippen LogP contribution in [-0.4, -0.2) is 25.0 Å². The molecule has 1 amide bonds. The van der Waals surface area contributed by atoms with Gasteiger partial charge >= 0.3 is 12.1 Å². The van der Waals surface area contributed by atoms with E-state index in [1.165, 1.54) is 23.1 Å². The van der Waals surface area contributed by atoms with Gasteiger partial charge in [-0.05, 0) is 44.2 Å². The van der Waals surface area contributed by atoms with E-state index in [4.69, 9.17) is 4.74 Å². The van der Waals surface area contributed by atoms with Crippen molar-refractivity contribution in [2.24, 2.45) is 0 Å². The Labute approximate surface area is 149 Å². The Balaban J connectivity index is 2.44. The molecule has 0 saturated heterocycles. The van der Waals surface area contributed by atoms with E-state index in [2.05, 4.69) is 0 Å². The summed E-state index contributed by atoms with van der Waals surface area (Å²) in [6, 6.07) is 10.5. The number of nitrogens with zero attached hydrogens (tertiary/aromatic N) is 1. The lowest BCUT2D eigenvalue weighted by Gasteiger charge is -2.23. The van der Waals surface area contributed by atoms with Crippen molar-refractivity contribution >= 4 is 17.6 Å². The second-order valence-corrected chi connectivity index (χ2v) is 5.37. The minimum atomic E-state index is -4.55. The van der Waals surface area contributed by atoms with Gasteiger partial charge in [0.2, 0.25) is 0 Å². The molecular formula is C19H18F3NO3. The number of para-hydroxylation sites is 1. The zero-order chi connectivity index (χ0) is 19.3. The number of ether oxygens (including phenoxy) is 1. The van der Waals surface area contributed by atoms with Crippen LogP contribution in [0, 0.1) is 0 Å². The molecule has 0 heterocycles. The Morgan fingerprint density at radius 1 is 1.04 bits per heavy atom. The third kappa shape index (κ3) is 4.22. The summed E-state index contributed by atoms with van der Waals surface area (Å²) in [5.74, 6) is -1.23. The van der Waals surface area contributed by atoms with Gasteiger partial charge in [0.1, 0.15) is 0 Å². The molecule has 0 unspecified atom stereocenters. The largest absolute Gasteiger partial charge is 0.462 e. The van der Waals surface area contributed by atoms with Crippen molar-refractivity contribution in [1.29, 1.82) is 0 Å². The number of hydrogen-bond donors (Lipinski definition) is 0. The third-order valence-electron chi connectivity index (χ3n) is 3.69. The van der Waals surface area contributed by atoms with Crippen molar-refractivity contribution in [3.05, 3.63) is 65.2 Å². The highest BCUT2D eigenvalue weighted by atomic mass is 19.4. The Kier molecular flexibility index (Phi) is 6.02. The highest BCUT2D eigenvalue weighted by Crippen LogP contribution is 2.30. The van der Waals surface area contributed by atoms with Crippen LogP contribution in [0.5, 0.6) is 0 Å². The molecule has 0 N–H and O–H groups in total. The van der Waals surface area contributed by atoms with Gasteiger partial charge in [0.25, 0.3) is 5.91 Å². The predicted octanol–water partition coefficient (Wildman–Crippen LogP) is 4.55. The van der Waals surface area contributed by atoms with E-state index in [0.29, 0.717) is 0 Å². The Bertz CT molecular complexity index is 803. The number of anilines is 1. The molecule has 26 heavy (non-hydrogen) atoms. The van der Waals surface area contributed by atoms with Crippen LogP contribution in [0.2, 0.25) is 0 Å². The summed E-state index contributed by atoms with van der Waals surface area (Å²) >= 11 is 0. The van der Waals surface area contributed by atoms with Gasteiger partial charge in [-0.2, -0.15) is 13.2 Å². The summed E-state index contributed by atoms with van der Waals surface area (Å²) in [7, 11) is 0. The molecule has 0 spiro atoms. The highest BCUT2D eigenvalue weighted by molar-refractivity contribution is 6.09. The van der Waals surface area contributed by atoms with Gasteiger partial charge in [0, 0.05) is 12.1 Å². The zero-order valence-electron chi connectivity index (χ0n) is 14.3. The van der Waals surface area contributed by atoms with Crippen molar-refractivity contribution < 1.29 is 27.5 Å². The van der Waals surface area contributed by atoms with E-state index in [-0.39, 0.29) is 30.0 Å². The molecule has 0 bridgehead atoms. The monoisotopic (exact) mass is 365 g/mol. The van der Waals surface area contributed by atoms with Crippen LogP contribution >= 0.6 is 0 Å². The van der Waals surface area contributed by atoms with E-state index in [9.17, 15) is 22.8 Å². The third-order valence-corrected chi connectivity index (χ3v) is 3.69. The number of carbonyl (C=O) groups excluding carboxylic acids is 2. The van der Waals surface area contributed by atoms with Crippen molar-refractivity contribution in [3.63, 3.8) is 0 Å². The summed E-state index contributed by atoms with van der Waals surface area (Å²) in [4.78, 5) is 26.2. The van der Waals surface area contributed by atoms with E-state index < -0.39 is 23.6 Å². The maximum atomic E-state index is 12.9. The lowest BCUT2D eigenvalue weighted by Crippen LogP contribution is -2.32. The first-order chi connectivity index (χ1) is 12.3. The smallest absolute Gasteiger partial charge is 0.416 e. The standard InChI is InChI=1S/C19H18F3NO3/c1-3-23(16-11-6-5-10-15(16)18(25)26-4-2)17(24)13-8-7-9-14(12-13)19(20,21)22/h5-12H,3-4H2,1-2H3. The Morgan fingerprint density at radius 2 is 1.73 bits per heavy atom. The van der Waals surface area contributed by atoms with Crippen LogP contribution in [0.15, 0.2) is 48.5 Å². The van der Waals surface area contributed by atoms with Crippen LogP contribution in [0.25, 0.3) is 0 Å². The topological polar surface area (TPSA) is 46.6 Å². The summed E-state index contributed by atoms with van der Waals surface area (Å²) in [6.45, 7) is 3.67. The minimum absolute atomic E-state index is 0.111. The number of carbonyl (C=O) groups is 2. The van der Waals surface area contributed by atoms with Gasteiger partial charge in [-0.15, -0.1) is 0 Å². The summed E-state index contributed by atoms with van der Waals surface area (Å²) < 4.78 is 43.7. The molecule has 0 fully saturated rings. The molecular weight excluding hydrogens is 347 g/mol. The number of rotatable bonds is 5. The zero-order valence-corrected chi connectivity index (χ0v) is 14.3. The minimum Gasteiger partial charge on any atom is -0.462 e. The first-order valence-electron chi connectivity index (χ1n) is 8.04. The normalized spacial score (nSPS) is 11.1. The van der Waals surface area contributed by atoms with Crippen molar-refractivity contribution in [1.82, 2.24) is 0 Å².